The van der Waals surface area contributed by atoms with Gasteiger partial charge in [0, 0.05) is 38.6 Å². The Morgan fingerprint density at radius 3 is 1.83 bits per heavy atom. The highest BCUT2D eigenvalue weighted by Crippen LogP contribution is 2.29. The average Bonchev–Trinajstić information content (AvgIpc) is 2.65. The molecule has 1 aliphatic rings. The number of hydrogen-bond acceptors (Lipinski definition) is 3. The standard InChI is InChI=1S/C21H26N2O/c1-18(17-24)16-22-12-14-23(15-13-22)21(19-8-4-2-5-9-19)20-10-6-3-7-11-20/h2-11,17-18,21H,12-16H2,1H3. The summed E-state index contributed by atoms with van der Waals surface area (Å²) in [5, 5.41) is 0. The lowest BCUT2D eigenvalue weighted by atomic mass is 9.96. The Morgan fingerprint density at radius 1 is 0.875 bits per heavy atom. The molecule has 1 unspecified atom stereocenters. The Kier molecular flexibility index (Phi) is 5.78. The summed E-state index contributed by atoms with van der Waals surface area (Å²) in [5.41, 5.74) is 2.69. The summed E-state index contributed by atoms with van der Waals surface area (Å²) in [6.45, 7) is 6.97. The topological polar surface area (TPSA) is 23.6 Å². The SMILES string of the molecule is CC(C=O)CN1CCN(C(c2ccccc2)c2ccccc2)CC1. The van der Waals surface area contributed by atoms with Crippen molar-refractivity contribution in [3.8, 4) is 0 Å². The number of nitrogens with zero attached hydrogens (tertiary/aromatic N) is 2. The largest absolute Gasteiger partial charge is 0.303 e. The molecular formula is C21H26N2O. The van der Waals surface area contributed by atoms with Crippen LogP contribution >= 0.6 is 0 Å². The Morgan fingerprint density at radius 2 is 1.38 bits per heavy atom. The van der Waals surface area contributed by atoms with Crippen molar-refractivity contribution in [2.24, 2.45) is 5.92 Å². The Hall–Kier alpha value is -1.97. The van der Waals surface area contributed by atoms with E-state index in [9.17, 15) is 4.79 Å². The first kappa shape index (κ1) is 16.9. The van der Waals surface area contributed by atoms with Gasteiger partial charge >= 0.3 is 0 Å². The van der Waals surface area contributed by atoms with Gasteiger partial charge in [0.05, 0.1) is 6.04 Å². The van der Waals surface area contributed by atoms with Crippen LogP contribution in [0.5, 0.6) is 0 Å². The van der Waals surface area contributed by atoms with Gasteiger partial charge in [0.25, 0.3) is 0 Å². The van der Waals surface area contributed by atoms with Crippen LogP contribution in [0.4, 0.5) is 0 Å². The van der Waals surface area contributed by atoms with Crippen molar-refractivity contribution < 1.29 is 4.79 Å². The van der Waals surface area contributed by atoms with Crippen LogP contribution in [-0.2, 0) is 4.79 Å². The summed E-state index contributed by atoms with van der Waals surface area (Å²) in [7, 11) is 0. The van der Waals surface area contributed by atoms with Gasteiger partial charge in [0.15, 0.2) is 0 Å². The zero-order valence-electron chi connectivity index (χ0n) is 14.3. The third-order valence-electron chi connectivity index (χ3n) is 4.78. The van der Waals surface area contributed by atoms with Gasteiger partial charge in [0.2, 0.25) is 0 Å². The molecule has 0 bridgehead atoms. The van der Waals surface area contributed by atoms with E-state index < -0.39 is 0 Å². The van der Waals surface area contributed by atoms with E-state index in [0.717, 1.165) is 39.0 Å². The fraction of sp³-hybridized carbons (Fsp3) is 0.381. The Balaban J connectivity index is 1.75. The van der Waals surface area contributed by atoms with Crippen molar-refractivity contribution in [2.45, 2.75) is 13.0 Å². The first-order valence-corrected chi connectivity index (χ1v) is 8.79. The summed E-state index contributed by atoms with van der Waals surface area (Å²) < 4.78 is 0. The number of rotatable bonds is 6. The molecule has 1 heterocycles. The molecule has 1 atom stereocenters. The average molecular weight is 322 g/mol. The predicted octanol–water partition coefficient (Wildman–Crippen LogP) is 3.23. The van der Waals surface area contributed by atoms with Crippen LogP contribution in [0.2, 0.25) is 0 Å². The predicted molar refractivity (Wildman–Crippen MR) is 98.0 cm³/mol. The minimum absolute atomic E-state index is 0.121. The molecule has 0 spiro atoms. The summed E-state index contributed by atoms with van der Waals surface area (Å²) in [6.07, 6.45) is 1.06. The van der Waals surface area contributed by atoms with E-state index in [1.165, 1.54) is 11.1 Å². The summed E-state index contributed by atoms with van der Waals surface area (Å²) in [6, 6.07) is 21.8. The minimum Gasteiger partial charge on any atom is -0.303 e. The molecule has 2 aromatic carbocycles. The van der Waals surface area contributed by atoms with Crippen molar-refractivity contribution in [1.82, 2.24) is 9.80 Å². The molecule has 0 radical (unpaired) electrons. The van der Waals surface area contributed by atoms with E-state index in [-0.39, 0.29) is 5.92 Å². The van der Waals surface area contributed by atoms with Crippen molar-refractivity contribution in [3.05, 3.63) is 71.8 Å². The monoisotopic (exact) mass is 322 g/mol. The highest BCUT2D eigenvalue weighted by molar-refractivity contribution is 5.53. The Labute approximate surface area is 144 Å². The van der Waals surface area contributed by atoms with Gasteiger partial charge in [-0.1, -0.05) is 67.6 Å². The molecule has 0 aliphatic carbocycles. The van der Waals surface area contributed by atoms with E-state index in [1.807, 2.05) is 6.92 Å². The second-order valence-electron chi connectivity index (χ2n) is 6.67. The molecule has 3 nitrogen and oxygen atoms in total. The van der Waals surface area contributed by atoms with Crippen molar-refractivity contribution in [1.29, 1.82) is 0 Å². The number of piperazine rings is 1. The van der Waals surface area contributed by atoms with E-state index in [4.69, 9.17) is 0 Å². The number of aldehydes is 1. The molecule has 1 saturated heterocycles. The molecule has 0 N–H and O–H groups in total. The fourth-order valence-corrected chi connectivity index (χ4v) is 3.54. The van der Waals surface area contributed by atoms with Crippen LogP contribution in [0.3, 0.4) is 0 Å². The van der Waals surface area contributed by atoms with Gasteiger partial charge in [-0.15, -0.1) is 0 Å². The van der Waals surface area contributed by atoms with E-state index >= 15 is 0 Å². The highest BCUT2D eigenvalue weighted by Gasteiger charge is 2.26. The van der Waals surface area contributed by atoms with Gasteiger partial charge in [-0.25, -0.2) is 0 Å². The zero-order chi connectivity index (χ0) is 16.8. The van der Waals surface area contributed by atoms with Crippen LogP contribution in [0.25, 0.3) is 0 Å². The number of carbonyl (C=O) groups excluding carboxylic acids is 1. The van der Waals surface area contributed by atoms with Crippen LogP contribution in [0.1, 0.15) is 24.1 Å². The first-order valence-electron chi connectivity index (χ1n) is 8.79. The van der Waals surface area contributed by atoms with Crippen molar-refractivity contribution in [2.75, 3.05) is 32.7 Å². The third-order valence-corrected chi connectivity index (χ3v) is 4.78. The zero-order valence-corrected chi connectivity index (χ0v) is 14.3. The number of carbonyl (C=O) groups is 1. The molecule has 0 aromatic heterocycles. The van der Waals surface area contributed by atoms with Crippen LogP contribution in [-0.4, -0.2) is 48.8 Å². The van der Waals surface area contributed by atoms with Crippen LogP contribution in [0, 0.1) is 5.92 Å². The minimum atomic E-state index is 0.121. The molecule has 1 aliphatic heterocycles. The second kappa shape index (κ2) is 8.22. The second-order valence-corrected chi connectivity index (χ2v) is 6.67. The number of hydrogen-bond donors (Lipinski definition) is 0. The lowest BCUT2D eigenvalue weighted by Gasteiger charge is -2.40. The lowest BCUT2D eigenvalue weighted by Crippen LogP contribution is -2.48. The molecule has 3 rings (SSSR count). The lowest BCUT2D eigenvalue weighted by molar-refractivity contribution is -0.111. The van der Waals surface area contributed by atoms with Gasteiger partial charge in [-0.3, -0.25) is 4.90 Å². The molecule has 126 valence electrons. The normalized spacial score (nSPS) is 17.8. The van der Waals surface area contributed by atoms with Gasteiger partial charge in [0.1, 0.15) is 6.29 Å². The molecular weight excluding hydrogens is 296 g/mol. The summed E-state index contributed by atoms with van der Waals surface area (Å²) in [4.78, 5) is 15.9. The van der Waals surface area contributed by atoms with E-state index in [0.29, 0.717) is 6.04 Å². The van der Waals surface area contributed by atoms with Gasteiger partial charge in [-0.2, -0.15) is 0 Å². The molecule has 0 amide bonds. The van der Waals surface area contributed by atoms with Crippen molar-refractivity contribution in [3.63, 3.8) is 0 Å². The first-order chi connectivity index (χ1) is 11.8. The van der Waals surface area contributed by atoms with Crippen LogP contribution < -0.4 is 0 Å². The smallest absolute Gasteiger partial charge is 0.124 e. The molecule has 1 fully saturated rings. The summed E-state index contributed by atoms with van der Waals surface area (Å²) in [5.74, 6) is 0.121. The summed E-state index contributed by atoms with van der Waals surface area (Å²) >= 11 is 0. The highest BCUT2D eigenvalue weighted by atomic mass is 16.1. The maximum absolute atomic E-state index is 10.9. The van der Waals surface area contributed by atoms with Gasteiger partial charge in [-0.05, 0) is 11.1 Å². The maximum Gasteiger partial charge on any atom is 0.124 e. The molecule has 2 aromatic rings. The molecule has 3 heteroatoms. The maximum atomic E-state index is 10.9. The quantitative estimate of drug-likeness (QED) is 0.763. The molecule has 24 heavy (non-hydrogen) atoms. The molecule has 0 saturated carbocycles. The van der Waals surface area contributed by atoms with E-state index in [1.54, 1.807) is 0 Å². The van der Waals surface area contributed by atoms with Gasteiger partial charge < -0.3 is 9.69 Å². The van der Waals surface area contributed by atoms with E-state index in [2.05, 4.69) is 70.5 Å². The Bertz CT molecular complexity index is 581. The fourth-order valence-electron chi connectivity index (χ4n) is 3.54. The number of benzene rings is 2. The van der Waals surface area contributed by atoms with Crippen LogP contribution in [0.15, 0.2) is 60.7 Å². The van der Waals surface area contributed by atoms with Crippen molar-refractivity contribution >= 4 is 6.29 Å². The third kappa shape index (κ3) is 4.11.